The van der Waals surface area contributed by atoms with Gasteiger partial charge in [0, 0.05) is 22.3 Å². The van der Waals surface area contributed by atoms with E-state index in [1.807, 2.05) is 62.4 Å². The van der Waals surface area contributed by atoms with Crippen LogP contribution in [0.4, 0.5) is 23.2 Å². The van der Waals surface area contributed by atoms with Gasteiger partial charge in [-0.2, -0.15) is 0 Å². The third-order valence-electron chi connectivity index (χ3n) is 7.15. The lowest BCUT2D eigenvalue weighted by Gasteiger charge is -2.49. The predicted molar refractivity (Wildman–Crippen MR) is 170 cm³/mol. The molecule has 3 aromatic rings. The van der Waals surface area contributed by atoms with Crippen LogP contribution in [-0.4, -0.2) is 19.9 Å². The number of allylic oxidation sites excluding steroid dienone is 4. The van der Waals surface area contributed by atoms with Crippen molar-refractivity contribution in [2.24, 2.45) is 5.41 Å². The summed E-state index contributed by atoms with van der Waals surface area (Å²) in [5.41, 5.74) is 2.92. The maximum atomic E-state index is 14.2. The van der Waals surface area contributed by atoms with E-state index in [1.54, 1.807) is 12.1 Å². The van der Waals surface area contributed by atoms with Crippen molar-refractivity contribution in [2.75, 3.05) is 24.8 Å². The van der Waals surface area contributed by atoms with Crippen LogP contribution in [0.1, 0.15) is 50.3 Å². The van der Waals surface area contributed by atoms with Crippen LogP contribution in [0.25, 0.3) is 0 Å². The van der Waals surface area contributed by atoms with Gasteiger partial charge in [0.05, 0.1) is 6.04 Å². The summed E-state index contributed by atoms with van der Waals surface area (Å²) in [6.07, 6.45) is 14.8. The SMILES string of the molecule is C#C.CC.FC/C=C\C(=C/CF)CC1(Cc2ccc(F)c(F)c2)CCC(c2ccc(Cl)cc2)N(c2ccc(Cl)cc2)C1. The van der Waals surface area contributed by atoms with Crippen LogP contribution in [0, 0.1) is 29.9 Å². The monoisotopic (exact) mass is 617 g/mol. The molecule has 0 radical (unpaired) electrons. The predicted octanol–water partition coefficient (Wildman–Crippen LogP) is 10.9. The van der Waals surface area contributed by atoms with E-state index >= 15 is 0 Å². The zero-order valence-corrected chi connectivity index (χ0v) is 25.5. The lowest BCUT2D eigenvalue weighted by atomic mass is 9.68. The molecule has 0 aromatic heterocycles. The molecule has 1 aliphatic heterocycles. The normalized spacial score (nSPS) is 18.6. The Kier molecular flexibility index (Phi) is 14.7. The van der Waals surface area contributed by atoms with Crippen molar-refractivity contribution in [1.29, 1.82) is 0 Å². The first kappa shape index (κ1) is 35.0. The number of halogens is 6. The molecule has 0 N–H and O–H groups in total. The van der Waals surface area contributed by atoms with Crippen molar-refractivity contribution in [1.82, 2.24) is 0 Å². The first-order valence-electron chi connectivity index (χ1n) is 13.8. The first-order valence-corrected chi connectivity index (χ1v) is 14.6. The van der Waals surface area contributed by atoms with Crippen molar-refractivity contribution >= 4 is 28.9 Å². The molecule has 1 saturated heterocycles. The van der Waals surface area contributed by atoms with Crippen molar-refractivity contribution in [3.8, 4) is 12.8 Å². The maximum Gasteiger partial charge on any atom is 0.159 e. The molecule has 2 unspecified atom stereocenters. The Morgan fingerprint density at radius 2 is 1.52 bits per heavy atom. The summed E-state index contributed by atoms with van der Waals surface area (Å²) >= 11 is 12.3. The first-order chi connectivity index (χ1) is 20.3. The summed E-state index contributed by atoms with van der Waals surface area (Å²) in [5, 5.41) is 1.27. The van der Waals surface area contributed by atoms with E-state index in [2.05, 4.69) is 17.7 Å². The van der Waals surface area contributed by atoms with Crippen LogP contribution in [0.3, 0.4) is 0 Å². The maximum absolute atomic E-state index is 14.2. The molecule has 1 heterocycles. The number of nitrogens with zero attached hydrogens (tertiary/aromatic N) is 1. The second-order valence-corrected chi connectivity index (χ2v) is 10.7. The van der Waals surface area contributed by atoms with Crippen LogP contribution in [0.15, 0.2) is 90.5 Å². The Morgan fingerprint density at radius 3 is 2.10 bits per heavy atom. The zero-order valence-electron chi connectivity index (χ0n) is 24.0. The molecule has 0 amide bonds. The highest BCUT2D eigenvalue weighted by atomic mass is 35.5. The number of piperidine rings is 1. The van der Waals surface area contributed by atoms with Crippen LogP contribution in [0.5, 0.6) is 0 Å². The molecule has 0 bridgehead atoms. The molecular weight excluding hydrogens is 581 g/mol. The second kappa shape index (κ2) is 17.7. The van der Waals surface area contributed by atoms with Gasteiger partial charge in [-0.25, -0.2) is 17.6 Å². The average Bonchev–Trinajstić information content (AvgIpc) is 3.01. The van der Waals surface area contributed by atoms with E-state index in [1.165, 1.54) is 18.2 Å². The van der Waals surface area contributed by atoms with Gasteiger partial charge in [-0.1, -0.05) is 73.5 Å². The van der Waals surface area contributed by atoms with E-state index < -0.39 is 30.4 Å². The lowest BCUT2D eigenvalue weighted by molar-refractivity contribution is 0.202. The van der Waals surface area contributed by atoms with Gasteiger partial charge in [-0.15, -0.1) is 12.8 Å². The zero-order chi connectivity index (χ0) is 31.1. The Labute approximate surface area is 257 Å². The standard InChI is InChI=1S/C31H29Cl2F4N.C2H6.C2H2/c32-25-6-4-24(5-7-25)30-13-15-31(19-22(14-17-35)2-1-16-34,20-23-3-12-28(36)29(37)18-23)21-38(30)27-10-8-26(33)9-11-27;2*1-2/h1-12,14,18,30H,13,15-17,19-21H2;1-2H3;1-2H/b2-1-,22-14+;;. The van der Waals surface area contributed by atoms with Gasteiger partial charge in [0.15, 0.2) is 11.6 Å². The molecule has 0 aliphatic carbocycles. The van der Waals surface area contributed by atoms with Gasteiger partial charge in [0.1, 0.15) is 13.3 Å². The summed E-state index contributed by atoms with van der Waals surface area (Å²) in [5.74, 6) is -1.81. The minimum atomic E-state index is -0.904. The van der Waals surface area contributed by atoms with Crippen LogP contribution in [0.2, 0.25) is 10.0 Å². The Balaban J connectivity index is 0.00000148. The molecule has 7 heteroatoms. The summed E-state index contributed by atoms with van der Waals surface area (Å²) in [6, 6.07) is 19.3. The fraction of sp³-hybridized carbons (Fsp3) is 0.314. The van der Waals surface area contributed by atoms with Crippen molar-refractivity contribution in [2.45, 2.75) is 45.6 Å². The minimum Gasteiger partial charge on any atom is -0.364 e. The fourth-order valence-electron chi connectivity index (χ4n) is 5.45. The molecular formula is C35H37Cl2F4N. The number of hydrogen-bond acceptors (Lipinski definition) is 1. The third-order valence-corrected chi connectivity index (χ3v) is 7.65. The largest absolute Gasteiger partial charge is 0.364 e. The van der Waals surface area contributed by atoms with E-state index in [-0.39, 0.29) is 6.04 Å². The van der Waals surface area contributed by atoms with E-state index in [0.717, 1.165) is 30.2 Å². The highest BCUT2D eigenvalue weighted by Gasteiger charge is 2.41. The van der Waals surface area contributed by atoms with Crippen LogP contribution >= 0.6 is 23.2 Å². The third kappa shape index (κ3) is 9.68. The number of anilines is 1. The van der Waals surface area contributed by atoms with E-state index in [9.17, 15) is 17.6 Å². The summed E-state index contributed by atoms with van der Waals surface area (Å²) in [4.78, 5) is 2.29. The Morgan fingerprint density at radius 1 is 0.905 bits per heavy atom. The summed E-state index contributed by atoms with van der Waals surface area (Å²) < 4.78 is 54.3. The number of alkyl halides is 2. The molecule has 1 aliphatic rings. The van der Waals surface area contributed by atoms with Crippen molar-refractivity contribution in [3.05, 3.63) is 123 Å². The van der Waals surface area contributed by atoms with Gasteiger partial charge < -0.3 is 4.90 Å². The van der Waals surface area contributed by atoms with E-state index in [0.29, 0.717) is 40.6 Å². The minimum absolute atomic E-state index is 0.0292. The van der Waals surface area contributed by atoms with Gasteiger partial charge in [0.25, 0.3) is 0 Å². The quantitative estimate of drug-likeness (QED) is 0.131. The molecule has 2 atom stereocenters. The molecule has 1 nitrogen and oxygen atoms in total. The molecule has 4 rings (SSSR count). The lowest BCUT2D eigenvalue weighted by Crippen LogP contribution is -2.46. The van der Waals surface area contributed by atoms with E-state index in [4.69, 9.17) is 23.2 Å². The summed E-state index contributed by atoms with van der Waals surface area (Å²) in [6.45, 7) is 3.21. The van der Waals surface area contributed by atoms with Crippen LogP contribution in [-0.2, 0) is 6.42 Å². The van der Waals surface area contributed by atoms with Crippen LogP contribution < -0.4 is 4.90 Å². The van der Waals surface area contributed by atoms with Gasteiger partial charge in [0.2, 0.25) is 0 Å². The molecule has 3 aromatic carbocycles. The topological polar surface area (TPSA) is 3.24 Å². The smallest absolute Gasteiger partial charge is 0.159 e. The molecule has 0 saturated carbocycles. The van der Waals surface area contributed by atoms with Crippen molar-refractivity contribution in [3.63, 3.8) is 0 Å². The fourth-order valence-corrected chi connectivity index (χ4v) is 5.70. The summed E-state index contributed by atoms with van der Waals surface area (Å²) in [7, 11) is 0. The van der Waals surface area contributed by atoms with Gasteiger partial charge in [-0.3, -0.25) is 0 Å². The van der Waals surface area contributed by atoms with Crippen molar-refractivity contribution < 1.29 is 17.6 Å². The Bertz CT molecular complexity index is 1320. The molecule has 1 fully saturated rings. The Hall–Kier alpha value is -3.20. The average molecular weight is 619 g/mol. The number of hydrogen-bond donors (Lipinski definition) is 0. The molecule has 0 spiro atoms. The molecule has 224 valence electrons. The highest BCUT2D eigenvalue weighted by Crippen LogP contribution is 2.47. The van der Waals surface area contributed by atoms with Gasteiger partial charge in [-0.05, 0) is 96.3 Å². The molecule has 42 heavy (non-hydrogen) atoms. The second-order valence-electron chi connectivity index (χ2n) is 9.80. The van der Waals surface area contributed by atoms with Gasteiger partial charge >= 0.3 is 0 Å². The number of benzene rings is 3. The number of rotatable bonds is 9. The number of terminal acetylenes is 1. The highest BCUT2D eigenvalue weighted by molar-refractivity contribution is 6.30.